The fraction of sp³-hybridized carbons (Fsp3) is 0.226. The Labute approximate surface area is 349 Å². The van der Waals surface area contributed by atoms with Crippen molar-refractivity contribution in [2.75, 3.05) is 17.3 Å². The number of pyridine rings is 1. The lowest BCUT2D eigenvalue weighted by atomic mass is 9.86. The normalized spacial score (nSPS) is 12.0. The summed E-state index contributed by atoms with van der Waals surface area (Å²) in [5, 5.41) is 6.25. The topological polar surface area (TPSA) is 33.1 Å². The van der Waals surface area contributed by atoms with E-state index in [9.17, 15) is 0 Å². The van der Waals surface area contributed by atoms with Gasteiger partial charge in [-0.3, -0.25) is 4.57 Å². The van der Waals surface area contributed by atoms with E-state index in [-0.39, 0.29) is 10.8 Å². The Morgan fingerprint density at radius 3 is 2.05 bits per heavy atom. The van der Waals surface area contributed by atoms with Crippen molar-refractivity contribution in [3.63, 3.8) is 0 Å². The first-order chi connectivity index (χ1) is 27.6. The maximum absolute atomic E-state index is 4.97. The molecule has 0 fully saturated rings. The lowest BCUT2D eigenvalue weighted by molar-refractivity contribution is 0.590. The highest BCUT2D eigenvalue weighted by Gasteiger charge is 2.20. The molecular weight excluding hydrogens is 725 g/mol. The smallest absolute Gasteiger partial charge is 0.138 e. The van der Waals surface area contributed by atoms with Crippen molar-refractivity contribution in [2.45, 2.75) is 82.9 Å². The van der Waals surface area contributed by atoms with Gasteiger partial charge < -0.3 is 10.2 Å². The molecule has 0 spiro atoms. The van der Waals surface area contributed by atoms with E-state index in [4.69, 9.17) is 4.98 Å². The van der Waals surface area contributed by atoms with E-state index in [1.807, 2.05) is 6.20 Å². The fourth-order valence-electron chi connectivity index (χ4n) is 8.24. The Morgan fingerprint density at radius 2 is 1.29 bits per heavy atom. The number of fused-ring (bicyclic) bond motifs is 3. The quantitative estimate of drug-likeness (QED) is 0.167. The van der Waals surface area contributed by atoms with Crippen molar-refractivity contribution in [2.24, 2.45) is 0 Å². The van der Waals surface area contributed by atoms with Crippen LogP contribution in [0.1, 0.15) is 69.4 Å². The van der Waals surface area contributed by atoms with Gasteiger partial charge in [-0.25, -0.2) is 4.98 Å². The molecule has 0 atom stereocenters. The van der Waals surface area contributed by atoms with Gasteiger partial charge in [0.1, 0.15) is 5.82 Å². The molecule has 8 rings (SSSR count). The molecule has 6 aromatic carbocycles. The summed E-state index contributed by atoms with van der Waals surface area (Å²) >= 11 is 1.79. The standard InChI is InChI=1S/C53H54N4S/c1-34-27-35(2)51(36(3)28-34)37-25-26-54-50(29-37)57-47-20-12-11-19-44(47)45-23-22-43(33-49(45)57)58-42-18-14-17-41(32-42)56(10)48-24-21-39(53(7,8)9)31-46(48)55-40-16-13-15-38(30-40)52(4,5)6/h11-33,55H,1-10H3. The van der Waals surface area contributed by atoms with E-state index in [1.54, 1.807) is 11.8 Å². The number of rotatable bonds is 8. The van der Waals surface area contributed by atoms with Crippen molar-refractivity contribution in [3.05, 3.63) is 167 Å². The summed E-state index contributed by atoms with van der Waals surface area (Å²) in [6.07, 6.45) is 1.95. The van der Waals surface area contributed by atoms with Crippen LogP contribution in [0, 0.1) is 20.8 Å². The van der Waals surface area contributed by atoms with Gasteiger partial charge in [0, 0.05) is 45.2 Å². The third-order valence-electron chi connectivity index (χ3n) is 11.3. The Balaban J connectivity index is 1.14. The highest BCUT2D eigenvalue weighted by atomic mass is 32.2. The second-order valence-corrected chi connectivity index (χ2v) is 19.0. The molecule has 0 amide bonds. The Morgan fingerprint density at radius 1 is 0.603 bits per heavy atom. The second kappa shape index (κ2) is 15.2. The van der Waals surface area contributed by atoms with Gasteiger partial charge in [-0.15, -0.1) is 0 Å². The number of aryl methyl sites for hydroxylation is 3. The van der Waals surface area contributed by atoms with Crippen molar-refractivity contribution in [1.29, 1.82) is 0 Å². The maximum Gasteiger partial charge on any atom is 0.138 e. The van der Waals surface area contributed by atoms with E-state index in [1.165, 1.54) is 59.5 Å². The van der Waals surface area contributed by atoms with Crippen molar-refractivity contribution in [1.82, 2.24) is 9.55 Å². The predicted molar refractivity (Wildman–Crippen MR) is 250 cm³/mol. The molecule has 58 heavy (non-hydrogen) atoms. The average Bonchev–Trinajstić information content (AvgIpc) is 3.50. The van der Waals surface area contributed by atoms with Crippen LogP contribution in [0.2, 0.25) is 0 Å². The molecule has 0 bridgehead atoms. The largest absolute Gasteiger partial charge is 0.354 e. The van der Waals surface area contributed by atoms with Crippen LogP contribution in [-0.2, 0) is 10.8 Å². The summed E-state index contributed by atoms with van der Waals surface area (Å²) < 4.78 is 2.33. The van der Waals surface area contributed by atoms with E-state index < -0.39 is 0 Å². The van der Waals surface area contributed by atoms with E-state index in [0.717, 1.165) is 39.6 Å². The lowest BCUT2D eigenvalue weighted by Crippen LogP contribution is -2.15. The minimum absolute atomic E-state index is 0.0161. The summed E-state index contributed by atoms with van der Waals surface area (Å²) in [5.74, 6) is 0.917. The van der Waals surface area contributed by atoms with Crippen LogP contribution in [0.15, 0.2) is 149 Å². The third-order valence-corrected chi connectivity index (χ3v) is 12.2. The summed E-state index contributed by atoms with van der Waals surface area (Å²) in [6.45, 7) is 20.2. The minimum Gasteiger partial charge on any atom is -0.354 e. The van der Waals surface area contributed by atoms with Crippen LogP contribution in [0.5, 0.6) is 0 Å². The zero-order chi connectivity index (χ0) is 40.9. The van der Waals surface area contributed by atoms with Gasteiger partial charge in [0.2, 0.25) is 0 Å². The van der Waals surface area contributed by atoms with Gasteiger partial charge in [-0.05, 0) is 138 Å². The molecule has 0 aliphatic rings. The summed E-state index contributed by atoms with van der Waals surface area (Å²) in [6, 6.07) is 48.9. The first-order valence-electron chi connectivity index (χ1n) is 20.3. The third kappa shape index (κ3) is 7.76. The van der Waals surface area contributed by atoms with Crippen LogP contribution in [-0.4, -0.2) is 16.6 Å². The molecule has 2 heterocycles. The number of nitrogens with one attached hydrogen (secondary N) is 1. The molecule has 4 nitrogen and oxygen atoms in total. The Bertz CT molecular complexity index is 2790. The number of hydrogen-bond acceptors (Lipinski definition) is 4. The molecule has 1 N–H and O–H groups in total. The van der Waals surface area contributed by atoms with Crippen LogP contribution < -0.4 is 10.2 Å². The van der Waals surface area contributed by atoms with E-state index in [2.05, 4.69) is 218 Å². The summed E-state index contributed by atoms with van der Waals surface area (Å²) in [4.78, 5) is 9.62. The first-order valence-corrected chi connectivity index (χ1v) is 21.1. The second-order valence-electron chi connectivity index (χ2n) is 17.8. The Hall–Kier alpha value is -5.78. The van der Waals surface area contributed by atoms with Crippen molar-refractivity contribution < 1.29 is 0 Å². The summed E-state index contributed by atoms with van der Waals surface area (Å²) in [7, 11) is 2.16. The van der Waals surface area contributed by atoms with Gasteiger partial charge in [0.15, 0.2) is 0 Å². The molecule has 2 aromatic heterocycles. The van der Waals surface area contributed by atoms with Crippen LogP contribution in [0.25, 0.3) is 38.8 Å². The van der Waals surface area contributed by atoms with Crippen LogP contribution >= 0.6 is 11.8 Å². The number of nitrogens with zero attached hydrogens (tertiary/aromatic N) is 3. The SMILES string of the molecule is Cc1cc(C)c(-c2ccnc(-n3c4ccccc4c4ccc(Sc5cccc(N(C)c6ccc(C(C)(C)C)cc6Nc6cccc(C(C)(C)C)c6)c5)cc43)c2)c(C)c1. The number of benzene rings is 6. The predicted octanol–water partition coefficient (Wildman–Crippen LogP) is 15.0. The molecule has 0 unspecified atom stereocenters. The first kappa shape index (κ1) is 39.1. The van der Waals surface area contributed by atoms with Crippen molar-refractivity contribution in [3.8, 4) is 16.9 Å². The van der Waals surface area contributed by atoms with Gasteiger partial charge in [0.05, 0.1) is 22.4 Å². The average molecular weight is 779 g/mol. The Kier molecular flexibility index (Phi) is 10.2. The monoisotopic (exact) mass is 778 g/mol. The number of aromatic nitrogens is 2. The van der Waals surface area contributed by atoms with Crippen molar-refractivity contribution >= 4 is 56.3 Å². The molecule has 0 aliphatic heterocycles. The maximum atomic E-state index is 4.97. The van der Waals surface area contributed by atoms with Crippen LogP contribution in [0.3, 0.4) is 0 Å². The molecule has 292 valence electrons. The van der Waals surface area contributed by atoms with E-state index >= 15 is 0 Å². The van der Waals surface area contributed by atoms with Gasteiger partial charge >= 0.3 is 0 Å². The fourth-order valence-corrected chi connectivity index (χ4v) is 9.14. The molecule has 5 heteroatoms. The van der Waals surface area contributed by atoms with Crippen LogP contribution in [0.4, 0.5) is 22.7 Å². The molecule has 0 saturated heterocycles. The van der Waals surface area contributed by atoms with Gasteiger partial charge in [-0.2, -0.15) is 0 Å². The zero-order valence-electron chi connectivity index (χ0n) is 35.5. The lowest BCUT2D eigenvalue weighted by Gasteiger charge is -2.27. The number of hydrogen-bond donors (Lipinski definition) is 1. The summed E-state index contributed by atoms with van der Waals surface area (Å²) in [5.41, 5.74) is 15.7. The molecule has 0 radical (unpaired) electrons. The van der Waals surface area contributed by atoms with E-state index in [0.29, 0.717) is 0 Å². The molecular formula is C53H54N4S. The highest BCUT2D eigenvalue weighted by Crippen LogP contribution is 2.41. The van der Waals surface area contributed by atoms with Gasteiger partial charge in [0.25, 0.3) is 0 Å². The highest BCUT2D eigenvalue weighted by molar-refractivity contribution is 7.99. The molecule has 8 aromatic rings. The molecule has 0 saturated carbocycles. The number of anilines is 4. The van der Waals surface area contributed by atoms with Gasteiger partial charge in [-0.1, -0.05) is 120 Å². The minimum atomic E-state index is 0.0161. The molecule has 0 aliphatic carbocycles. The zero-order valence-corrected chi connectivity index (χ0v) is 36.3. The number of para-hydroxylation sites is 1.